The van der Waals surface area contributed by atoms with E-state index in [2.05, 4.69) is 13.8 Å². The zero-order chi connectivity index (χ0) is 12.7. The van der Waals surface area contributed by atoms with Crippen molar-refractivity contribution in [3.8, 4) is 11.5 Å². The van der Waals surface area contributed by atoms with Crippen LogP contribution >= 0.6 is 11.6 Å². The highest BCUT2D eigenvalue weighted by Gasteiger charge is 2.09. The number of hydrogen-bond donors (Lipinski definition) is 0. The summed E-state index contributed by atoms with van der Waals surface area (Å²) in [6.45, 7) is 5.11. The average molecular weight is 257 g/mol. The maximum atomic E-state index is 5.80. The lowest BCUT2D eigenvalue weighted by Gasteiger charge is -2.16. The van der Waals surface area contributed by atoms with Gasteiger partial charge in [-0.2, -0.15) is 0 Å². The maximum absolute atomic E-state index is 5.80. The van der Waals surface area contributed by atoms with Gasteiger partial charge in [0.15, 0.2) is 11.5 Å². The first-order valence-electron chi connectivity index (χ1n) is 6.10. The number of methoxy groups -OCH3 is 1. The third-order valence-electron chi connectivity index (χ3n) is 3.01. The van der Waals surface area contributed by atoms with Gasteiger partial charge in [-0.25, -0.2) is 0 Å². The molecule has 0 bridgehead atoms. The zero-order valence-electron chi connectivity index (χ0n) is 10.8. The Labute approximate surface area is 109 Å². The van der Waals surface area contributed by atoms with E-state index in [0.717, 1.165) is 36.5 Å². The van der Waals surface area contributed by atoms with E-state index in [-0.39, 0.29) is 0 Å². The van der Waals surface area contributed by atoms with E-state index in [1.807, 2.05) is 18.2 Å². The lowest BCUT2D eigenvalue weighted by molar-refractivity contribution is 0.230. The number of rotatable bonds is 7. The number of halogens is 1. The van der Waals surface area contributed by atoms with Crippen molar-refractivity contribution in [2.24, 2.45) is 5.92 Å². The summed E-state index contributed by atoms with van der Waals surface area (Å²) in [6, 6.07) is 5.83. The molecule has 0 amide bonds. The summed E-state index contributed by atoms with van der Waals surface area (Å²) in [6.07, 6.45) is 2.27. The minimum absolute atomic E-state index is 0.489. The molecule has 0 saturated carbocycles. The van der Waals surface area contributed by atoms with E-state index in [0.29, 0.717) is 11.8 Å². The highest BCUT2D eigenvalue weighted by Crippen LogP contribution is 2.29. The second-order valence-electron chi connectivity index (χ2n) is 4.11. The molecular weight excluding hydrogens is 236 g/mol. The molecule has 0 saturated heterocycles. The van der Waals surface area contributed by atoms with Crippen molar-refractivity contribution in [1.29, 1.82) is 0 Å². The Morgan fingerprint density at radius 2 is 1.88 bits per heavy atom. The van der Waals surface area contributed by atoms with Gasteiger partial charge in [0.25, 0.3) is 0 Å². The van der Waals surface area contributed by atoms with Crippen LogP contribution in [0.2, 0.25) is 0 Å². The summed E-state index contributed by atoms with van der Waals surface area (Å²) in [7, 11) is 1.65. The van der Waals surface area contributed by atoms with Crippen LogP contribution < -0.4 is 9.47 Å². The summed E-state index contributed by atoms with van der Waals surface area (Å²) in [5.41, 5.74) is 1.04. The van der Waals surface area contributed by atoms with Gasteiger partial charge in [-0.3, -0.25) is 0 Å². The third-order valence-corrected chi connectivity index (χ3v) is 3.32. The molecule has 1 rings (SSSR count). The Kier molecular flexibility index (Phi) is 6.20. The summed E-state index contributed by atoms with van der Waals surface area (Å²) in [5, 5.41) is 0. The van der Waals surface area contributed by atoms with Crippen LogP contribution in [-0.4, -0.2) is 13.7 Å². The van der Waals surface area contributed by atoms with Gasteiger partial charge in [0, 0.05) is 5.88 Å². The molecule has 1 aromatic carbocycles. The van der Waals surface area contributed by atoms with Gasteiger partial charge in [-0.05, 0) is 23.6 Å². The van der Waals surface area contributed by atoms with Gasteiger partial charge in [0.1, 0.15) is 0 Å². The van der Waals surface area contributed by atoms with Crippen molar-refractivity contribution in [3.63, 3.8) is 0 Å². The van der Waals surface area contributed by atoms with Gasteiger partial charge in [-0.15, -0.1) is 11.6 Å². The first-order chi connectivity index (χ1) is 8.24. The summed E-state index contributed by atoms with van der Waals surface area (Å²) in [5.74, 6) is 2.65. The van der Waals surface area contributed by atoms with Crippen LogP contribution in [0.3, 0.4) is 0 Å². The fraction of sp³-hybridized carbons (Fsp3) is 0.571. The van der Waals surface area contributed by atoms with Crippen LogP contribution in [-0.2, 0) is 5.88 Å². The average Bonchev–Trinajstić information content (AvgIpc) is 2.39. The topological polar surface area (TPSA) is 18.5 Å². The summed E-state index contributed by atoms with van der Waals surface area (Å²) < 4.78 is 11.1. The number of ether oxygens (including phenoxy) is 2. The molecule has 0 radical (unpaired) electrons. The summed E-state index contributed by atoms with van der Waals surface area (Å²) >= 11 is 5.78. The van der Waals surface area contributed by atoms with Gasteiger partial charge < -0.3 is 9.47 Å². The zero-order valence-corrected chi connectivity index (χ0v) is 11.6. The highest BCUT2D eigenvalue weighted by molar-refractivity contribution is 6.17. The Hall–Kier alpha value is -0.890. The molecule has 0 fully saturated rings. The van der Waals surface area contributed by atoms with Crippen molar-refractivity contribution >= 4 is 11.6 Å². The molecule has 17 heavy (non-hydrogen) atoms. The Balaban J connectivity index is 2.70. The van der Waals surface area contributed by atoms with Crippen LogP contribution in [0.25, 0.3) is 0 Å². The summed E-state index contributed by atoms with van der Waals surface area (Å²) in [4.78, 5) is 0. The van der Waals surface area contributed by atoms with Crippen molar-refractivity contribution in [1.82, 2.24) is 0 Å². The first-order valence-corrected chi connectivity index (χ1v) is 6.64. The minimum Gasteiger partial charge on any atom is -0.493 e. The van der Waals surface area contributed by atoms with Crippen molar-refractivity contribution in [2.45, 2.75) is 32.6 Å². The highest BCUT2D eigenvalue weighted by atomic mass is 35.5. The molecule has 96 valence electrons. The van der Waals surface area contributed by atoms with Gasteiger partial charge in [0.2, 0.25) is 0 Å². The third kappa shape index (κ3) is 4.12. The van der Waals surface area contributed by atoms with Crippen LogP contribution in [0.15, 0.2) is 18.2 Å². The molecule has 0 heterocycles. The molecule has 0 atom stereocenters. The molecule has 3 heteroatoms. The standard InChI is InChI=1S/C14H21ClO2/c1-4-11(5-2)10-17-13-7-6-12(9-15)8-14(13)16-3/h6-8,11H,4-5,9-10H2,1-3H3. The lowest BCUT2D eigenvalue weighted by Crippen LogP contribution is -2.10. The second kappa shape index (κ2) is 7.44. The van der Waals surface area contributed by atoms with E-state index in [1.54, 1.807) is 7.11 Å². The largest absolute Gasteiger partial charge is 0.493 e. The molecule has 0 spiro atoms. The van der Waals surface area contributed by atoms with E-state index in [1.165, 1.54) is 0 Å². The number of alkyl halides is 1. The quantitative estimate of drug-likeness (QED) is 0.679. The molecule has 1 aromatic rings. The Bertz CT molecular complexity index is 335. The molecule has 0 aliphatic rings. The van der Waals surface area contributed by atoms with Gasteiger partial charge in [0.05, 0.1) is 13.7 Å². The molecule has 0 aromatic heterocycles. The van der Waals surface area contributed by atoms with Gasteiger partial charge in [-0.1, -0.05) is 32.8 Å². The first kappa shape index (κ1) is 14.2. The number of benzene rings is 1. The van der Waals surface area contributed by atoms with Crippen molar-refractivity contribution < 1.29 is 9.47 Å². The van der Waals surface area contributed by atoms with Crippen LogP contribution in [0, 0.1) is 5.92 Å². The monoisotopic (exact) mass is 256 g/mol. The predicted octanol–water partition coefficient (Wildman–Crippen LogP) is 4.25. The minimum atomic E-state index is 0.489. The molecule has 2 nitrogen and oxygen atoms in total. The van der Waals surface area contributed by atoms with E-state index in [4.69, 9.17) is 21.1 Å². The fourth-order valence-corrected chi connectivity index (χ4v) is 1.81. The van der Waals surface area contributed by atoms with Crippen molar-refractivity contribution in [3.05, 3.63) is 23.8 Å². The Morgan fingerprint density at radius 3 is 2.41 bits per heavy atom. The Morgan fingerprint density at radius 1 is 1.18 bits per heavy atom. The number of hydrogen-bond acceptors (Lipinski definition) is 2. The molecule has 0 aliphatic heterocycles. The van der Waals surface area contributed by atoms with Crippen LogP contribution in [0.5, 0.6) is 11.5 Å². The van der Waals surface area contributed by atoms with Crippen molar-refractivity contribution in [2.75, 3.05) is 13.7 Å². The van der Waals surface area contributed by atoms with E-state index >= 15 is 0 Å². The van der Waals surface area contributed by atoms with Crippen LogP contribution in [0.4, 0.5) is 0 Å². The fourth-order valence-electron chi connectivity index (χ4n) is 1.65. The molecule has 0 aliphatic carbocycles. The SMILES string of the molecule is CCC(CC)COc1ccc(CCl)cc1OC. The van der Waals surface area contributed by atoms with Crippen LogP contribution in [0.1, 0.15) is 32.3 Å². The molecule has 0 unspecified atom stereocenters. The predicted molar refractivity (Wildman–Crippen MR) is 72.1 cm³/mol. The lowest BCUT2D eigenvalue weighted by atomic mass is 10.1. The normalized spacial score (nSPS) is 10.6. The second-order valence-corrected chi connectivity index (χ2v) is 4.38. The van der Waals surface area contributed by atoms with E-state index in [9.17, 15) is 0 Å². The molecule has 0 N–H and O–H groups in total. The van der Waals surface area contributed by atoms with E-state index < -0.39 is 0 Å². The maximum Gasteiger partial charge on any atom is 0.161 e. The van der Waals surface area contributed by atoms with Gasteiger partial charge >= 0.3 is 0 Å². The smallest absolute Gasteiger partial charge is 0.161 e. The molecular formula is C14H21ClO2.